The summed E-state index contributed by atoms with van der Waals surface area (Å²) in [5.41, 5.74) is 5.09. The molecule has 4 heteroatoms. The molecule has 2 aromatic carbocycles. The number of rotatable bonds is 3. The van der Waals surface area contributed by atoms with Crippen LogP contribution < -0.4 is 4.74 Å². The van der Waals surface area contributed by atoms with E-state index in [1.807, 2.05) is 66.3 Å². The monoisotopic (exact) mass is 315 g/mol. The smallest absolute Gasteiger partial charge is 0.163 e. The Morgan fingerprint density at radius 1 is 0.917 bits per heavy atom. The van der Waals surface area contributed by atoms with Crippen molar-refractivity contribution in [3.63, 3.8) is 0 Å². The van der Waals surface area contributed by atoms with E-state index in [2.05, 4.69) is 17.1 Å². The van der Waals surface area contributed by atoms with E-state index >= 15 is 0 Å². The van der Waals surface area contributed by atoms with E-state index in [-0.39, 0.29) is 0 Å². The quantitative estimate of drug-likeness (QED) is 0.562. The molecule has 0 radical (unpaired) electrons. The molecule has 0 aliphatic carbocycles. The van der Waals surface area contributed by atoms with E-state index < -0.39 is 0 Å². The van der Waals surface area contributed by atoms with Gasteiger partial charge >= 0.3 is 0 Å². The number of aryl methyl sites for hydroxylation is 1. The first-order valence-electron chi connectivity index (χ1n) is 7.82. The molecule has 0 spiro atoms. The summed E-state index contributed by atoms with van der Waals surface area (Å²) in [5, 5.41) is 5.78. The van der Waals surface area contributed by atoms with Crippen molar-refractivity contribution in [1.29, 1.82) is 0 Å². The summed E-state index contributed by atoms with van der Waals surface area (Å²) in [6, 6.07) is 20.2. The van der Waals surface area contributed by atoms with Crippen molar-refractivity contribution in [3.05, 3.63) is 72.6 Å². The maximum Gasteiger partial charge on any atom is 0.163 e. The summed E-state index contributed by atoms with van der Waals surface area (Å²) in [4.78, 5) is 4.57. The second-order valence-corrected chi connectivity index (χ2v) is 5.62. The molecule has 0 saturated carbocycles. The van der Waals surface area contributed by atoms with Crippen molar-refractivity contribution in [2.75, 3.05) is 7.11 Å². The maximum atomic E-state index is 5.25. The van der Waals surface area contributed by atoms with Gasteiger partial charge in [-0.25, -0.2) is 9.67 Å². The number of nitrogens with zero attached hydrogens (tertiary/aromatic N) is 3. The largest absolute Gasteiger partial charge is 0.497 e. The average Bonchev–Trinajstić information content (AvgIpc) is 3.00. The highest BCUT2D eigenvalue weighted by Gasteiger charge is 2.14. The number of aromatic nitrogens is 3. The Balaban J connectivity index is 1.93. The molecule has 24 heavy (non-hydrogen) atoms. The lowest BCUT2D eigenvalue weighted by Gasteiger charge is -2.06. The summed E-state index contributed by atoms with van der Waals surface area (Å²) in [6.45, 7) is 2.02. The second-order valence-electron chi connectivity index (χ2n) is 5.62. The molecule has 0 unspecified atom stereocenters. The Kier molecular flexibility index (Phi) is 3.50. The van der Waals surface area contributed by atoms with E-state index in [4.69, 9.17) is 9.84 Å². The minimum atomic E-state index is 0.848. The molecule has 4 nitrogen and oxygen atoms in total. The molecule has 2 aromatic heterocycles. The van der Waals surface area contributed by atoms with Crippen LogP contribution in [0.15, 0.2) is 66.9 Å². The van der Waals surface area contributed by atoms with E-state index in [1.54, 1.807) is 7.11 Å². The number of methoxy groups -OCH3 is 1. The number of fused-ring (bicyclic) bond motifs is 1. The molecular formula is C20H17N3O. The van der Waals surface area contributed by atoms with Crippen molar-refractivity contribution in [2.24, 2.45) is 0 Å². The van der Waals surface area contributed by atoms with Crippen LogP contribution in [-0.2, 0) is 0 Å². The fourth-order valence-electron chi connectivity index (χ4n) is 2.98. The molecular weight excluding hydrogens is 298 g/mol. The summed E-state index contributed by atoms with van der Waals surface area (Å²) >= 11 is 0. The predicted octanol–water partition coefficient (Wildman–Crippen LogP) is 4.40. The van der Waals surface area contributed by atoms with Gasteiger partial charge in [-0.1, -0.05) is 30.3 Å². The zero-order chi connectivity index (χ0) is 16.5. The first-order valence-corrected chi connectivity index (χ1v) is 7.82. The number of hydrogen-bond acceptors (Lipinski definition) is 3. The second kappa shape index (κ2) is 5.81. The number of pyridine rings is 1. The minimum Gasteiger partial charge on any atom is -0.497 e. The van der Waals surface area contributed by atoms with Crippen LogP contribution in [0.1, 0.15) is 5.69 Å². The first kappa shape index (κ1) is 14.5. The molecule has 0 fully saturated rings. The van der Waals surface area contributed by atoms with Gasteiger partial charge in [0.2, 0.25) is 0 Å². The van der Waals surface area contributed by atoms with E-state index in [9.17, 15) is 0 Å². The highest BCUT2D eigenvalue weighted by Crippen LogP contribution is 2.31. The average molecular weight is 315 g/mol. The third-order valence-corrected chi connectivity index (χ3v) is 4.15. The van der Waals surface area contributed by atoms with Gasteiger partial charge in [0.25, 0.3) is 0 Å². The van der Waals surface area contributed by atoms with Gasteiger partial charge in [-0.05, 0) is 48.4 Å². The molecule has 2 heterocycles. The predicted molar refractivity (Wildman–Crippen MR) is 95.6 cm³/mol. The van der Waals surface area contributed by atoms with Gasteiger partial charge in [0.1, 0.15) is 5.75 Å². The molecule has 0 amide bonds. The van der Waals surface area contributed by atoms with E-state index in [0.717, 1.165) is 39.3 Å². The summed E-state index contributed by atoms with van der Waals surface area (Å²) in [5.74, 6) is 0.848. The Morgan fingerprint density at radius 3 is 2.38 bits per heavy atom. The Bertz CT molecular complexity index is 989. The van der Waals surface area contributed by atoms with Crippen LogP contribution in [0, 0.1) is 6.92 Å². The third-order valence-electron chi connectivity index (χ3n) is 4.15. The standard InChI is InChI=1S/C20H17N3O/c1-14-19-18(15-8-10-17(24-2)11-9-15)12-13-21-20(19)23(22-14)16-6-4-3-5-7-16/h3-13H,1-2H3. The van der Waals surface area contributed by atoms with Crippen LogP contribution in [0.2, 0.25) is 0 Å². The molecule has 0 atom stereocenters. The lowest BCUT2D eigenvalue weighted by molar-refractivity contribution is 0.415. The third kappa shape index (κ3) is 2.33. The molecule has 0 aliphatic heterocycles. The van der Waals surface area contributed by atoms with Crippen molar-refractivity contribution in [3.8, 4) is 22.6 Å². The van der Waals surface area contributed by atoms with Crippen LogP contribution >= 0.6 is 0 Å². The van der Waals surface area contributed by atoms with Crippen molar-refractivity contribution < 1.29 is 4.74 Å². The molecule has 4 rings (SSSR count). The maximum absolute atomic E-state index is 5.25. The lowest BCUT2D eigenvalue weighted by Crippen LogP contribution is -1.97. The summed E-state index contributed by atoms with van der Waals surface area (Å²) in [7, 11) is 1.67. The summed E-state index contributed by atoms with van der Waals surface area (Å²) in [6.07, 6.45) is 1.84. The minimum absolute atomic E-state index is 0.848. The number of hydrogen-bond donors (Lipinski definition) is 0. The zero-order valence-corrected chi connectivity index (χ0v) is 13.6. The number of para-hydroxylation sites is 1. The van der Waals surface area contributed by atoms with Crippen LogP contribution in [0.5, 0.6) is 5.75 Å². The van der Waals surface area contributed by atoms with Crippen LogP contribution in [0.4, 0.5) is 0 Å². The van der Waals surface area contributed by atoms with Crippen molar-refractivity contribution >= 4 is 11.0 Å². The molecule has 4 aromatic rings. The van der Waals surface area contributed by atoms with Gasteiger partial charge < -0.3 is 4.74 Å². The van der Waals surface area contributed by atoms with Gasteiger partial charge in [-0.2, -0.15) is 5.10 Å². The zero-order valence-electron chi connectivity index (χ0n) is 13.6. The van der Waals surface area contributed by atoms with Gasteiger partial charge in [0.05, 0.1) is 23.9 Å². The Hall–Kier alpha value is -3.14. The summed E-state index contributed by atoms with van der Waals surface area (Å²) < 4.78 is 7.15. The Labute approximate surface area is 140 Å². The van der Waals surface area contributed by atoms with Gasteiger partial charge in [-0.3, -0.25) is 0 Å². The van der Waals surface area contributed by atoms with Crippen LogP contribution in [-0.4, -0.2) is 21.9 Å². The fourth-order valence-corrected chi connectivity index (χ4v) is 2.98. The highest BCUT2D eigenvalue weighted by molar-refractivity contribution is 5.95. The number of ether oxygens (including phenoxy) is 1. The SMILES string of the molecule is COc1ccc(-c2ccnc3c2c(C)nn3-c2ccccc2)cc1. The highest BCUT2D eigenvalue weighted by atomic mass is 16.5. The number of benzene rings is 2. The normalized spacial score (nSPS) is 10.9. The van der Waals surface area contributed by atoms with Gasteiger partial charge in [0.15, 0.2) is 5.65 Å². The Morgan fingerprint density at radius 2 is 1.67 bits per heavy atom. The van der Waals surface area contributed by atoms with Gasteiger partial charge in [0, 0.05) is 6.20 Å². The molecule has 0 saturated heterocycles. The van der Waals surface area contributed by atoms with Crippen LogP contribution in [0.25, 0.3) is 27.8 Å². The molecule has 0 bridgehead atoms. The van der Waals surface area contributed by atoms with Crippen molar-refractivity contribution in [1.82, 2.24) is 14.8 Å². The lowest BCUT2D eigenvalue weighted by atomic mass is 10.0. The molecule has 118 valence electrons. The molecule has 0 N–H and O–H groups in total. The topological polar surface area (TPSA) is 39.9 Å². The fraction of sp³-hybridized carbons (Fsp3) is 0.100. The van der Waals surface area contributed by atoms with E-state index in [1.165, 1.54) is 0 Å². The van der Waals surface area contributed by atoms with Gasteiger partial charge in [-0.15, -0.1) is 0 Å². The first-order chi connectivity index (χ1) is 11.8. The van der Waals surface area contributed by atoms with Crippen molar-refractivity contribution in [2.45, 2.75) is 6.92 Å². The van der Waals surface area contributed by atoms with E-state index in [0.29, 0.717) is 0 Å². The molecule has 0 aliphatic rings. The van der Waals surface area contributed by atoms with Crippen LogP contribution in [0.3, 0.4) is 0 Å².